The van der Waals surface area contributed by atoms with E-state index in [0.29, 0.717) is 27.2 Å². The van der Waals surface area contributed by atoms with Crippen molar-refractivity contribution in [2.24, 2.45) is 0 Å². The number of aryl methyl sites for hydroxylation is 1. The summed E-state index contributed by atoms with van der Waals surface area (Å²) in [6, 6.07) is 3.64. The SMILES string of the molecule is CCCCCN1C(=O)/C(=C\c2c(NCCO)nc3ccc(C)cn3c2=O)SC1=S. The van der Waals surface area contributed by atoms with Gasteiger partial charge in [0.15, 0.2) is 0 Å². The van der Waals surface area contributed by atoms with Crippen LogP contribution in [0.15, 0.2) is 28.0 Å². The molecule has 2 N–H and O–H groups in total. The van der Waals surface area contributed by atoms with Gasteiger partial charge in [0.1, 0.15) is 15.8 Å². The Kier molecular flexibility index (Phi) is 7.05. The van der Waals surface area contributed by atoms with Crippen LogP contribution in [-0.2, 0) is 4.79 Å². The van der Waals surface area contributed by atoms with Crippen LogP contribution in [0.25, 0.3) is 11.7 Å². The number of aromatic nitrogens is 2. The van der Waals surface area contributed by atoms with Gasteiger partial charge in [-0.05, 0) is 31.1 Å². The lowest BCUT2D eigenvalue weighted by atomic mass is 10.2. The second kappa shape index (κ2) is 9.51. The number of nitrogens with one attached hydrogen (secondary N) is 1. The number of aliphatic hydroxyl groups is 1. The molecule has 9 heteroatoms. The number of carbonyl (C=O) groups is 1. The molecule has 1 fully saturated rings. The van der Waals surface area contributed by atoms with E-state index in [-0.39, 0.29) is 30.2 Å². The molecule has 1 aliphatic rings. The molecule has 0 atom stereocenters. The van der Waals surface area contributed by atoms with Crippen molar-refractivity contribution < 1.29 is 9.90 Å². The van der Waals surface area contributed by atoms with Crippen LogP contribution < -0.4 is 10.9 Å². The first kappa shape index (κ1) is 21.5. The summed E-state index contributed by atoms with van der Waals surface area (Å²) in [7, 11) is 0. The zero-order valence-electron chi connectivity index (χ0n) is 16.5. The largest absolute Gasteiger partial charge is 0.395 e. The molecule has 2 aromatic heterocycles. The molecule has 1 amide bonds. The highest BCUT2D eigenvalue weighted by Crippen LogP contribution is 2.33. The molecule has 0 saturated carbocycles. The summed E-state index contributed by atoms with van der Waals surface area (Å²) in [6.07, 6.45) is 6.25. The Morgan fingerprint density at radius 1 is 1.31 bits per heavy atom. The maximum atomic E-state index is 13.1. The first-order valence-electron chi connectivity index (χ1n) is 9.59. The molecule has 3 rings (SSSR count). The molecule has 0 aromatic carbocycles. The van der Waals surface area contributed by atoms with E-state index in [2.05, 4.69) is 17.2 Å². The van der Waals surface area contributed by atoms with Crippen molar-refractivity contribution in [1.82, 2.24) is 14.3 Å². The highest BCUT2D eigenvalue weighted by Gasteiger charge is 2.32. The van der Waals surface area contributed by atoms with E-state index in [1.165, 1.54) is 16.2 Å². The second-order valence-electron chi connectivity index (χ2n) is 6.80. The average Bonchev–Trinajstić information content (AvgIpc) is 2.97. The van der Waals surface area contributed by atoms with Gasteiger partial charge in [-0.15, -0.1) is 0 Å². The number of pyridine rings is 1. The van der Waals surface area contributed by atoms with E-state index in [1.807, 2.05) is 13.0 Å². The third-order valence-electron chi connectivity index (χ3n) is 4.54. The van der Waals surface area contributed by atoms with Gasteiger partial charge in [0.25, 0.3) is 11.5 Å². The van der Waals surface area contributed by atoms with Crippen molar-refractivity contribution in [3.8, 4) is 0 Å². The molecular formula is C20H24N4O3S2. The van der Waals surface area contributed by atoms with Gasteiger partial charge in [-0.3, -0.25) is 18.9 Å². The van der Waals surface area contributed by atoms with Crippen LogP contribution in [-0.4, -0.2) is 49.3 Å². The maximum Gasteiger partial charge on any atom is 0.267 e. The van der Waals surface area contributed by atoms with Crippen molar-refractivity contribution in [3.05, 3.63) is 44.7 Å². The van der Waals surface area contributed by atoms with Gasteiger partial charge in [-0.1, -0.05) is 49.8 Å². The van der Waals surface area contributed by atoms with Crippen LogP contribution >= 0.6 is 24.0 Å². The molecular weight excluding hydrogens is 408 g/mol. The Morgan fingerprint density at radius 3 is 2.83 bits per heavy atom. The Balaban J connectivity index is 2.03. The zero-order valence-corrected chi connectivity index (χ0v) is 18.1. The lowest BCUT2D eigenvalue weighted by Crippen LogP contribution is -2.29. The predicted octanol–water partition coefficient (Wildman–Crippen LogP) is 2.80. The number of anilines is 1. The topological polar surface area (TPSA) is 86.9 Å². The third kappa shape index (κ3) is 4.68. The van der Waals surface area contributed by atoms with Crippen LogP contribution in [0, 0.1) is 6.92 Å². The number of rotatable bonds is 8. The minimum absolute atomic E-state index is 0.103. The first-order chi connectivity index (χ1) is 14.0. The van der Waals surface area contributed by atoms with Crippen LogP contribution in [0.4, 0.5) is 5.82 Å². The number of fused-ring (bicyclic) bond motifs is 1. The molecule has 1 aliphatic heterocycles. The summed E-state index contributed by atoms with van der Waals surface area (Å²) in [5.41, 5.74) is 1.40. The summed E-state index contributed by atoms with van der Waals surface area (Å²) in [6.45, 7) is 4.72. The van der Waals surface area contributed by atoms with Crippen molar-refractivity contribution in [2.45, 2.75) is 33.1 Å². The fourth-order valence-corrected chi connectivity index (χ4v) is 4.33. The normalized spacial score (nSPS) is 15.7. The number of nitrogens with zero attached hydrogens (tertiary/aromatic N) is 3. The lowest BCUT2D eigenvalue weighted by molar-refractivity contribution is -0.122. The maximum absolute atomic E-state index is 13.1. The van der Waals surface area contributed by atoms with Gasteiger partial charge < -0.3 is 10.4 Å². The minimum Gasteiger partial charge on any atom is -0.395 e. The van der Waals surface area contributed by atoms with Gasteiger partial charge in [-0.2, -0.15) is 0 Å². The van der Waals surface area contributed by atoms with Gasteiger partial charge in [0.2, 0.25) is 0 Å². The van der Waals surface area contributed by atoms with Crippen LogP contribution in [0.1, 0.15) is 37.3 Å². The average molecular weight is 433 g/mol. The van der Waals surface area contributed by atoms with Gasteiger partial charge in [0.05, 0.1) is 17.1 Å². The smallest absolute Gasteiger partial charge is 0.267 e. The standard InChI is InChI=1S/C20H24N4O3S2/c1-3-4-5-9-23-19(27)15(29-20(23)28)11-14-17(21-8-10-25)22-16-7-6-13(2)12-24(16)18(14)26/h6-7,11-12,21,25H,3-5,8-10H2,1-2H3/b15-11+. The Bertz CT molecular complexity index is 1030. The van der Waals surface area contributed by atoms with Gasteiger partial charge in [-0.25, -0.2) is 4.98 Å². The molecule has 1 saturated heterocycles. The summed E-state index contributed by atoms with van der Waals surface area (Å²) in [5, 5.41) is 12.1. The molecule has 29 heavy (non-hydrogen) atoms. The van der Waals surface area contributed by atoms with E-state index < -0.39 is 0 Å². The molecule has 0 aliphatic carbocycles. The highest BCUT2D eigenvalue weighted by molar-refractivity contribution is 8.26. The quantitative estimate of drug-likeness (QED) is 0.377. The zero-order chi connectivity index (χ0) is 21.0. The first-order valence-corrected chi connectivity index (χ1v) is 10.8. The second-order valence-corrected chi connectivity index (χ2v) is 8.48. The number of thioether (sulfide) groups is 1. The van der Waals surface area contributed by atoms with Crippen molar-refractivity contribution in [1.29, 1.82) is 0 Å². The number of unbranched alkanes of at least 4 members (excludes halogenated alkanes) is 2. The van der Waals surface area contributed by atoms with E-state index in [4.69, 9.17) is 17.3 Å². The predicted molar refractivity (Wildman–Crippen MR) is 121 cm³/mol. The van der Waals surface area contributed by atoms with Crippen molar-refractivity contribution in [2.75, 3.05) is 25.0 Å². The fraction of sp³-hybridized carbons (Fsp3) is 0.400. The Labute approximate surface area is 178 Å². The molecule has 0 bridgehead atoms. The van der Waals surface area contributed by atoms with Gasteiger partial charge >= 0.3 is 0 Å². The molecule has 154 valence electrons. The number of hydrogen-bond donors (Lipinski definition) is 2. The summed E-state index contributed by atoms with van der Waals surface area (Å²) < 4.78 is 1.97. The number of carbonyl (C=O) groups excluding carboxylic acids is 1. The number of hydrogen-bond acceptors (Lipinski definition) is 7. The highest BCUT2D eigenvalue weighted by atomic mass is 32.2. The molecule has 0 radical (unpaired) electrons. The fourth-order valence-electron chi connectivity index (χ4n) is 3.04. The summed E-state index contributed by atoms with van der Waals surface area (Å²) in [5.74, 6) is 0.155. The van der Waals surface area contributed by atoms with Crippen LogP contribution in [0.2, 0.25) is 0 Å². The lowest BCUT2D eigenvalue weighted by Gasteiger charge is -2.13. The molecule has 3 heterocycles. The van der Waals surface area contributed by atoms with Crippen molar-refractivity contribution >= 4 is 51.7 Å². The Hall–Kier alpha value is -2.23. The van der Waals surface area contributed by atoms with E-state index in [1.54, 1.807) is 23.2 Å². The van der Waals surface area contributed by atoms with Gasteiger partial charge in [0, 0.05) is 19.3 Å². The molecule has 0 spiro atoms. The molecule has 2 aromatic rings. The third-order valence-corrected chi connectivity index (χ3v) is 5.92. The summed E-state index contributed by atoms with van der Waals surface area (Å²) in [4.78, 5) is 32.5. The van der Waals surface area contributed by atoms with E-state index in [9.17, 15) is 9.59 Å². The molecule has 0 unspecified atom stereocenters. The van der Waals surface area contributed by atoms with Crippen LogP contribution in [0.3, 0.4) is 0 Å². The van der Waals surface area contributed by atoms with E-state index >= 15 is 0 Å². The monoisotopic (exact) mass is 432 g/mol. The Morgan fingerprint density at radius 2 is 2.10 bits per heavy atom. The summed E-state index contributed by atoms with van der Waals surface area (Å²) >= 11 is 6.57. The van der Waals surface area contributed by atoms with Crippen LogP contribution in [0.5, 0.6) is 0 Å². The number of thiocarbonyl (C=S) groups is 1. The molecule has 7 nitrogen and oxygen atoms in total. The van der Waals surface area contributed by atoms with E-state index in [0.717, 1.165) is 24.8 Å². The number of aliphatic hydroxyl groups excluding tert-OH is 1. The number of amides is 1. The minimum atomic E-state index is -0.282. The van der Waals surface area contributed by atoms with Crippen molar-refractivity contribution in [3.63, 3.8) is 0 Å².